The molecular weight excluding hydrogens is 240 g/mol. The molecule has 3 unspecified atom stereocenters. The van der Waals surface area contributed by atoms with Gasteiger partial charge in [0.15, 0.2) is 0 Å². The van der Waals surface area contributed by atoms with E-state index < -0.39 is 0 Å². The lowest BCUT2D eigenvalue weighted by atomic mass is 9.91. The minimum atomic E-state index is 0.514. The van der Waals surface area contributed by atoms with Gasteiger partial charge in [-0.3, -0.25) is 0 Å². The molecule has 0 saturated heterocycles. The number of hydrogen-bond donors (Lipinski definition) is 3. The van der Waals surface area contributed by atoms with Gasteiger partial charge >= 0.3 is 0 Å². The lowest BCUT2D eigenvalue weighted by Crippen LogP contribution is -2.10. The van der Waals surface area contributed by atoms with Crippen LogP contribution in [0.15, 0.2) is 0 Å². The quantitative estimate of drug-likeness (QED) is 0.529. The second-order valence-corrected chi connectivity index (χ2v) is 7.45. The summed E-state index contributed by atoms with van der Waals surface area (Å²) in [7, 11) is 0. The fourth-order valence-corrected chi connectivity index (χ4v) is 2.41. The van der Waals surface area contributed by atoms with Gasteiger partial charge in [0, 0.05) is 0 Å². The third-order valence-electron chi connectivity index (χ3n) is 2.66. The summed E-state index contributed by atoms with van der Waals surface area (Å²) < 4.78 is 0. The summed E-state index contributed by atoms with van der Waals surface area (Å²) in [6.07, 6.45) is 6.24. The van der Waals surface area contributed by atoms with Gasteiger partial charge < -0.3 is 0 Å². The molecule has 0 aliphatic rings. The standard InChI is InChI=1S/C12H26S3/c1-9(13)4-6-12(8-11(3)15)7-5-10(2)14/h9-15H,4-8H2,1-3H3. The monoisotopic (exact) mass is 266 g/mol. The summed E-state index contributed by atoms with van der Waals surface area (Å²) in [6.45, 7) is 6.53. The Morgan fingerprint density at radius 1 is 0.667 bits per heavy atom. The van der Waals surface area contributed by atoms with Crippen LogP contribution in [0.2, 0.25) is 0 Å². The van der Waals surface area contributed by atoms with Gasteiger partial charge in [-0.25, -0.2) is 0 Å². The molecule has 92 valence electrons. The van der Waals surface area contributed by atoms with Crippen molar-refractivity contribution >= 4 is 37.9 Å². The maximum atomic E-state index is 4.49. The highest BCUT2D eigenvalue weighted by molar-refractivity contribution is 7.81. The maximum Gasteiger partial charge on any atom is -0.000895 e. The zero-order valence-electron chi connectivity index (χ0n) is 10.2. The van der Waals surface area contributed by atoms with Gasteiger partial charge in [0.05, 0.1) is 0 Å². The number of thiol groups is 3. The third-order valence-corrected chi connectivity index (χ3v) is 3.39. The maximum absolute atomic E-state index is 4.49. The number of rotatable bonds is 8. The summed E-state index contributed by atoms with van der Waals surface area (Å²) >= 11 is 13.4. The van der Waals surface area contributed by atoms with Crippen molar-refractivity contribution in [2.75, 3.05) is 0 Å². The van der Waals surface area contributed by atoms with E-state index in [2.05, 4.69) is 58.7 Å². The molecular formula is C12H26S3. The van der Waals surface area contributed by atoms with Crippen LogP contribution in [0.5, 0.6) is 0 Å². The first-order chi connectivity index (χ1) is 6.91. The lowest BCUT2D eigenvalue weighted by molar-refractivity contribution is 0.398. The van der Waals surface area contributed by atoms with E-state index in [1.54, 1.807) is 0 Å². The topological polar surface area (TPSA) is 0 Å². The second-order valence-electron chi connectivity index (χ2n) is 4.80. The van der Waals surface area contributed by atoms with Crippen molar-refractivity contribution in [3.05, 3.63) is 0 Å². The van der Waals surface area contributed by atoms with E-state index in [0.29, 0.717) is 15.7 Å². The van der Waals surface area contributed by atoms with E-state index in [9.17, 15) is 0 Å². The van der Waals surface area contributed by atoms with Crippen LogP contribution in [-0.4, -0.2) is 15.7 Å². The van der Waals surface area contributed by atoms with Crippen LogP contribution in [0.1, 0.15) is 52.9 Å². The van der Waals surface area contributed by atoms with Crippen LogP contribution in [0.3, 0.4) is 0 Å². The minimum Gasteiger partial charge on any atom is -0.176 e. The fraction of sp³-hybridized carbons (Fsp3) is 1.00. The molecule has 0 rings (SSSR count). The van der Waals surface area contributed by atoms with Crippen molar-refractivity contribution in [1.82, 2.24) is 0 Å². The molecule has 0 aromatic carbocycles. The van der Waals surface area contributed by atoms with Crippen molar-refractivity contribution < 1.29 is 0 Å². The number of hydrogen-bond acceptors (Lipinski definition) is 3. The molecule has 0 bridgehead atoms. The van der Waals surface area contributed by atoms with Crippen LogP contribution in [0.4, 0.5) is 0 Å². The molecule has 0 aromatic rings. The summed E-state index contributed by atoms with van der Waals surface area (Å²) in [5.74, 6) is 0.807. The molecule has 3 heteroatoms. The first-order valence-corrected chi connectivity index (χ1v) is 7.51. The van der Waals surface area contributed by atoms with Crippen LogP contribution in [-0.2, 0) is 0 Å². The Labute approximate surface area is 112 Å². The van der Waals surface area contributed by atoms with Gasteiger partial charge in [-0.2, -0.15) is 37.9 Å². The first kappa shape index (κ1) is 16.1. The Kier molecular flexibility index (Phi) is 9.76. The predicted octanol–water partition coefficient (Wildman–Crippen LogP) is 4.51. The zero-order chi connectivity index (χ0) is 11.8. The Morgan fingerprint density at radius 3 is 1.33 bits per heavy atom. The van der Waals surface area contributed by atoms with E-state index in [1.807, 2.05) is 0 Å². The van der Waals surface area contributed by atoms with E-state index in [4.69, 9.17) is 0 Å². The predicted molar refractivity (Wildman–Crippen MR) is 81.9 cm³/mol. The summed E-state index contributed by atoms with van der Waals surface area (Å²) in [4.78, 5) is 0. The highest BCUT2D eigenvalue weighted by atomic mass is 32.1. The van der Waals surface area contributed by atoms with Crippen LogP contribution < -0.4 is 0 Å². The molecule has 0 spiro atoms. The van der Waals surface area contributed by atoms with Gasteiger partial charge in [0.25, 0.3) is 0 Å². The van der Waals surface area contributed by atoms with Crippen LogP contribution in [0.25, 0.3) is 0 Å². The molecule has 0 radical (unpaired) electrons. The Bertz CT molecular complexity index is 132. The zero-order valence-corrected chi connectivity index (χ0v) is 12.9. The second kappa shape index (κ2) is 9.12. The highest BCUT2D eigenvalue weighted by Crippen LogP contribution is 2.24. The van der Waals surface area contributed by atoms with Gasteiger partial charge in [0.1, 0.15) is 0 Å². The van der Waals surface area contributed by atoms with Gasteiger partial charge in [-0.05, 0) is 53.8 Å². The van der Waals surface area contributed by atoms with Crippen molar-refractivity contribution in [1.29, 1.82) is 0 Å². The van der Waals surface area contributed by atoms with Crippen molar-refractivity contribution in [2.24, 2.45) is 5.92 Å². The highest BCUT2D eigenvalue weighted by Gasteiger charge is 2.13. The molecule has 0 aliphatic carbocycles. The Morgan fingerprint density at radius 2 is 1.07 bits per heavy atom. The van der Waals surface area contributed by atoms with E-state index in [0.717, 1.165) is 5.92 Å². The minimum absolute atomic E-state index is 0.514. The van der Waals surface area contributed by atoms with Gasteiger partial charge in [0.2, 0.25) is 0 Å². The van der Waals surface area contributed by atoms with Crippen LogP contribution >= 0.6 is 37.9 Å². The molecule has 0 N–H and O–H groups in total. The molecule has 0 amide bonds. The Hall–Kier alpha value is 1.05. The van der Waals surface area contributed by atoms with Gasteiger partial charge in [-0.15, -0.1) is 0 Å². The Balaban J connectivity index is 3.84. The average Bonchev–Trinajstić information content (AvgIpc) is 2.08. The molecule has 0 nitrogen and oxygen atoms in total. The molecule has 0 heterocycles. The van der Waals surface area contributed by atoms with Gasteiger partial charge in [-0.1, -0.05) is 20.8 Å². The van der Waals surface area contributed by atoms with Crippen LogP contribution in [0, 0.1) is 5.92 Å². The van der Waals surface area contributed by atoms with Crippen molar-refractivity contribution in [3.63, 3.8) is 0 Å². The molecule has 0 saturated carbocycles. The molecule has 15 heavy (non-hydrogen) atoms. The summed E-state index contributed by atoms with van der Waals surface area (Å²) in [5, 5.41) is 1.56. The molecule has 0 fully saturated rings. The normalized spacial score (nSPS) is 19.6. The average molecular weight is 267 g/mol. The fourth-order valence-electron chi connectivity index (χ4n) is 1.82. The smallest absolute Gasteiger partial charge is 0.000895 e. The summed E-state index contributed by atoms with van der Waals surface area (Å²) in [5.41, 5.74) is 0. The summed E-state index contributed by atoms with van der Waals surface area (Å²) in [6, 6.07) is 0. The van der Waals surface area contributed by atoms with E-state index in [1.165, 1.54) is 32.1 Å². The largest absolute Gasteiger partial charge is 0.176 e. The SMILES string of the molecule is CC(S)CCC(CCC(C)S)CC(C)S. The van der Waals surface area contributed by atoms with E-state index in [-0.39, 0.29) is 0 Å². The molecule has 3 atom stereocenters. The third kappa shape index (κ3) is 11.3. The first-order valence-electron chi connectivity index (χ1n) is 5.96. The molecule has 0 aromatic heterocycles. The lowest BCUT2D eigenvalue weighted by Gasteiger charge is -2.20. The van der Waals surface area contributed by atoms with Crippen molar-refractivity contribution in [2.45, 2.75) is 68.6 Å². The van der Waals surface area contributed by atoms with E-state index >= 15 is 0 Å². The molecule has 0 aliphatic heterocycles. The van der Waals surface area contributed by atoms with Crippen molar-refractivity contribution in [3.8, 4) is 0 Å².